The highest BCUT2D eigenvalue weighted by atomic mass is 16.5. The van der Waals surface area contributed by atoms with Crippen LogP contribution < -0.4 is 4.74 Å². The van der Waals surface area contributed by atoms with E-state index in [0.29, 0.717) is 23.9 Å². The van der Waals surface area contributed by atoms with Gasteiger partial charge in [-0.05, 0) is 45.6 Å². The average molecular weight is 292 g/mol. The smallest absolute Gasteiger partial charge is 0.255 e. The van der Waals surface area contributed by atoms with Crippen LogP contribution in [0.2, 0.25) is 0 Å². The molecule has 21 heavy (non-hydrogen) atoms. The highest BCUT2D eigenvalue weighted by Gasteiger charge is 2.31. The van der Waals surface area contributed by atoms with Gasteiger partial charge in [0.05, 0.1) is 11.7 Å². The monoisotopic (exact) mass is 292 g/mol. The molecule has 1 aromatic heterocycles. The third-order valence-corrected chi connectivity index (χ3v) is 3.37. The van der Waals surface area contributed by atoms with E-state index >= 15 is 0 Å². The Bertz CT molecular complexity index is 489. The fourth-order valence-electron chi connectivity index (χ4n) is 2.09. The molecule has 0 spiro atoms. The van der Waals surface area contributed by atoms with Gasteiger partial charge in [-0.1, -0.05) is 0 Å². The van der Waals surface area contributed by atoms with Gasteiger partial charge < -0.3 is 14.7 Å². The summed E-state index contributed by atoms with van der Waals surface area (Å²) >= 11 is 0. The van der Waals surface area contributed by atoms with Crippen molar-refractivity contribution in [2.75, 3.05) is 13.6 Å². The molecular formula is C16H24N2O3. The number of pyridine rings is 1. The van der Waals surface area contributed by atoms with Gasteiger partial charge in [0.25, 0.3) is 5.91 Å². The van der Waals surface area contributed by atoms with Gasteiger partial charge in [0.2, 0.25) is 5.88 Å². The van der Waals surface area contributed by atoms with Crippen molar-refractivity contribution in [3.05, 3.63) is 23.9 Å². The Morgan fingerprint density at radius 2 is 2.14 bits per heavy atom. The molecule has 1 saturated carbocycles. The molecular weight excluding hydrogens is 268 g/mol. The molecule has 1 N–H and O–H groups in total. The second-order valence-electron chi connectivity index (χ2n) is 6.69. The molecule has 5 nitrogen and oxygen atoms in total. The molecule has 0 bridgehead atoms. The molecule has 1 amide bonds. The van der Waals surface area contributed by atoms with E-state index in [1.54, 1.807) is 24.1 Å². The fraction of sp³-hybridized carbons (Fsp3) is 0.625. The number of aliphatic hydroxyl groups is 1. The number of hydrogen-bond acceptors (Lipinski definition) is 4. The Morgan fingerprint density at radius 3 is 2.62 bits per heavy atom. The van der Waals surface area contributed by atoms with Crippen molar-refractivity contribution in [3.63, 3.8) is 0 Å². The number of carbonyl (C=O) groups excluding carboxylic acids is 1. The second kappa shape index (κ2) is 6.02. The van der Waals surface area contributed by atoms with Gasteiger partial charge in [0, 0.05) is 25.9 Å². The van der Waals surface area contributed by atoms with Crippen LogP contribution in [0.3, 0.4) is 0 Å². The van der Waals surface area contributed by atoms with Crippen LogP contribution in [0.1, 0.15) is 44.0 Å². The number of aliphatic hydroxyl groups excluding tert-OH is 1. The van der Waals surface area contributed by atoms with Crippen molar-refractivity contribution in [2.45, 2.75) is 45.3 Å². The largest absolute Gasteiger partial charge is 0.472 e. The zero-order valence-electron chi connectivity index (χ0n) is 13.2. The lowest BCUT2D eigenvalue weighted by atomic mass is 10.2. The third-order valence-electron chi connectivity index (χ3n) is 3.37. The van der Waals surface area contributed by atoms with Crippen LogP contribution in [-0.2, 0) is 0 Å². The lowest BCUT2D eigenvalue weighted by molar-refractivity contribution is 0.0644. The maximum atomic E-state index is 12.3. The quantitative estimate of drug-likeness (QED) is 0.902. The lowest BCUT2D eigenvalue weighted by Gasteiger charge is -2.22. The summed E-state index contributed by atoms with van der Waals surface area (Å²) in [7, 11) is 1.70. The molecule has 1 aromatic rings. The van der Waals surface area contributed by atoms with Gasteiger partial charge >= 0.3 is 0 Å². The van der Waals surface area contributed by atoms with Gasteiger partial charge in [-0.3, -0.25) is 4.79 Å². The Balaban J connectivity index is 1.95. The summed E-state index contributed by atoms with van der Waals surface area (Å²) in [5.74, 6) is 0.727. The van der Waals surface area contributed by atoms with Crippen LogP contribution in [0, 0.1) is 5.92 Å². The standard InChI is InChI=1S/C16H24N2O3/c1-16(2,3)21-14-8-7-12(9-17-14)15(20)18(4)10-13(19)11-5-6-11/h7-9,11,13,19H,5-6,10H2,1-4H3. The zero-order valence-corrected chi connectivity index (χ0v) is 13.2. The number of amides is 1. The molecule has 116 valence electrons. The predicted octanol–water partition coefficient (Wildman–Crippen LogP) is 2.10. The molecule has 0 radical (unpaired) electrons. The maximum absolute atomic E-state index is 12.3. The Kier molecular flexibility index (Phi) is 4.52. The van der Waals surface area contributed by atoms with Gasteiger partial charge in [0.1, 0.15) is 5.60 Å². The number of carbonyl (C=O) groups is 1. The van der Waals surface area contributed by atoms with Crippen molar-refractivity contribution in [2.24, 2.45) is 5.92 Å². The van der Waals surface area contributed by atoms with E-state index in [0.717, 1.165) is 12.8 Å². The molecule has 1 fully saturated rings. The van der Waals surface area contributed by atoms with E-state index in [4.69, 9.17) is 4.74 Å². The third kappa shape index (κ3) is 4.70. The summed E-state index contributed by atoms with van der Waals surface area (Å²) in [6, 6.07) is 3.40. The van der Waals surface area contributed by atoms with Crippen molar-refractivity contribution in [1.29, 1.82) is 0 Å². The van der Waals surface area contributed by atoms with Crippen LogP contribution in [0.25, 0.3) is 0 Å². The van der Waals surface area contributed by atoms with Gasteiger partial charge in [-0.15, -0.1) is 0 Å². The van der Waals surface area contributed by atoms with Crippen LogP contribution in [-0.4, -0.2) is 46.2 Å². The van der Waals surface area contributed by atoms with Crippen LogP contribution >= 0.6 is 0 Å². The van der Waals surface area contributed by atoms with Crippen LogP contribution in [0.5, 0.6) is 5.88 Å². The summed E-state index contributed by atoms with van der Waals surface area (Å²) in [6.45, 7) is 6.20. The normalized spacial score (nSPS) is 16.4. The van der Waals surface area contributed by atoms with Crippen molar-refractivity contribution >= 4 is 5.91 Å². The molecule has 1 aliphatic carbocycles. The molecule has 1 aliphatic rings. The van der Waals surface area contributed by atoms with E-state index in [2.05, 4.69) is 4.98 Å². The van der Waals surface area contributed by atoms with E-state index < -0.39 is 6.10 Å². The molecule has 5 heteroatoms. The summed E-state index contributed by atoms with van der Waals surface area (Å²) < 4.78 is 5.63. The number of hydrogen-bond donors (Lipinski definition) is 1. The minimum absolute atomic E-state index is 0.135. The van der Waals surface area contributed by atoms with Crippen molar-refractivity contribution in [3.8, 4) is 5.88 Å². The first-order chi connectivity index (χ1) is 9.76. The van der Waals surface area contributed by atoms with Gasteiger partial charge in [-0.2, -0.15) is 0 Å². The highest BCUT2D eigenvalue weighted by Crippen LogP contribution is 2.32. The van der Waals surface area contributed by atoms with E-state index in [-0.39, 0.29) is 11.5 Å². The minimum atomic E-state index is -0.421. The Labute approximate surface area is 125 Å². The summed E-state index contributed by atoms with van der Waals surface area (Å²) in [4.78, 5) is 18.0. The van der Waals surface area contributed by atoms with Crippen molar-refractivity contribution in [1.82, 2.24) is 9.88 Å². The molecule has 1 atom stereocenters. The number of ether oxygens (including phenoxy) is 1. The highest BCUT2D eigenvalue weighted by molar-refractivity contribution is 5.93. The molecule has 1 unspecified atom stereocenters. The van der Waals surface area contributed by atoms with E-state index in [9.17, 15) is 9.90 Å². The molecule has 0 aromatic carbocycles. The molecule has 0 aliphatic heterocycles. The summed E-state index contributed by atoms with van der Waals surface area (Å²) in [5, 5.41) is 9.90. The van der Waals surface area contributed by atoms with Crippen molar-refractivity contribution < 1.29 is 14.6 Å². The first-order valence-electron chi connectivity index (χ1n) is 7.35. The number of nitrogens with zero attached hydrogens (tertiary/aromatic N) is 2. The van der Waals surface area contributed by atoms with E-state index in [1.165, 1.54) is 6.20 Å². The molecule has 0 saturated heterocycles. The number of rotatable bonds is 5. The first-order valence-corrected chi connectivity index (χ1v) is 7.35. The minimum Gasteiger partial charge on any atom is -0.472 e. The maximum Gasteiger partial charge on any atom is 0.255 e. The fourth-order valence-corrected chi connectivity index (χ4v) is 2.09. The summed E-state index contributed by atoms with van der Waals surface area (Å²) in [6.07, 6.45) is 3.21. The van der Waals surface area contributed by atoms with Crippen LogP contribution in [0.4, 0.5) is 0 Å². The van der Waals surface area contributed by atoms with E-state index in [1.807, 2.05) is 20.8 Å². The second-order valence-corrected chi connectivity index (χ2v) is 6.69. The van der Waals surface area contributed by atoms with Crippen LogP contribution in [0.15, 0.2) is 18.3 Å². The first kappa shape index (κ1) is 15.8. The van der Waals surface area contributed by atoms with Gasteiger partial charge in [-0.25, -0.2) is 4.98 Å². The predicted molar refractivity (Wildman–Crippen MR) is 80.3 cm³/mol. The summed E-state index contributed by atoms with van der Waals surface area (Å²) in [5.41, 5.74) is 0.186. The number of aromatic nitrogens is 1. The Hall–Kier alpha value is -1.62. The Morgan fingerprint density at radius 1 is 1.48 bits per heavy atom. The number of likely N-dealkylation sites (N-methyl/N-ethyl adjacent to an activating group) is 1. The molecule has 2 rings (SSSR count). The average Bonchev–Trinajstić information content (AvgIpc) is 3.21. The SMILES string of the molecule is CN(CC(O)C1CC1)C(=O)c1ccc(OC(C)(C)C)nc1. The topological polar surface area (TPSA) is 62.7 Å². The molecule has 1 heterocycles. The lowest BCUT2D eigenvalue weighted by Crippen LogP contribution is -2.35. The zero-order chi connectivity index (χ0) is 15.6. The van der Waals surface area contributed by atoms with Gasteiger partial charge in [0.15, 0.2) is 0 Å².